The van der Waals surface area contributed by atoms with Gasteiger partial charge < -0.3 is 14.5 Å². The Kier molecular flexibility index (Phi) is 7.01. The fraction of sp³-hybridized carbons (Fsp3) is 0.179. The van der Waals surface area contributed by atoms with Crippen molar-refractivity contribution in [2.75, 3.05) is 11.9 Å². The van der Waals surface area contributed by atoms with Crippen molar-refractivity contribution in [3.05, 3.63) is 87.6 Å². The third kappa shape index (κ3) is 4.98. The van der Waals surface area contributed by atoms with Crippen LogP contribution < -0.4 is 10.1 Å². The van der Waals surface area contributed by atoms with E-state index in [0.717, 1.165) is 44.5 Å². The van der Waals surface area contributed by atoms with Crippen LogP contribution in [0.25, 0.3) is 27.7 Å². The van der Waals surface area contributed by atoms with E-state index >= 15 is 0 Å². The number of hydrogen-bond acceptors (Lipinski definition) is 3. The number of allylic oxidation sites excluding steroid dienone is 1. The third-order valence-corrected chi connectivity index (χ3v) is 6.16. The van der Waals surface area contributed by atoms with Crippen LogP contribution in [0.2, 0.25) is 10.0 Å². The summed E-state index contributed by atoms with van der Waals surface area (Å²) in [4.78, 5) is 12.8. The molecule has 1 amide bonds. The van der Waals surface area contributed by atoms with Crippen molar-refractivity contribution < 1.29 is 13.9 Å². The molecule has 4 aromatic rings. The molecule has 3 aromatic carbocycles. The van der Waals surface area contributed by atoms with E-state index in [1.165, 1.54) is 0 Å². The number of fused-ring (bicyclic) bond motifs is 1. The summed E-state index contributed by atoms with van der Waals surface area (Å²) < 4.78 is 11.7. The quantitative estimate of drug-likeness (QED) is 0.274. The number of benzene rings is 3. The molecule has 0 unspecified atom stereocenters. The number of halogens is 2. The highest BCUT2D eigenvalue weighted by atomic mass is 35.5. The minimum atomic E-state index is -0.208. The van der Waals surface area contributed by atoms with E-state index in [0.29, 0.717) is 28.0 Å². The van der Waals surface area contributed by atoms with E-state index in [1.54, 1.807) is 24.5 Å². The highest BCUT2D eigenvalue weighted by molar-refractivity contribution is 6.36. The van der Waals surface area contributed by atoms with Crippen LogP contribution in [0.15, 0.2) is 65.3 Å². The molecule has 0 radical (unpaired) electrons. The summed E-state index contributed by atoms with van der Waals surface area (Å²) >= 11 is 12.5. The van der Waals surface area contributed by atoms with Crippen molar-refractivity contribution in [3.63, 3.8) is 0 Å². The summed E-state index contributed by atoms with van der Waals surface area (Å²) in [5, 5.41) is 4.93. The van der Waals surface area contributed by atoms with Gasteiger partial charge in [-0.2, -0.15) is 0 Å². The maximum Gasteiger partial charge on any atom is 0.248 e. The summed E-state index contributed by atoms with van der Waals surface area (Å²) in [6, 6.07) is 15.1. The van der Waals surface area contributed by atoms with Gasteiger partial charge in [-0.1, -0.05) is 47.0 Å². The van der Waals surface area contributed by atoms with E-state index in [1.807, 2.05) is 64.1 Å². The summed E-state index contributed by atoms with van der Waals surface area (Å²) in [7, 11) is 0. The van der Waals surface area contributed by atoms with Crippen LogP contribution in [0.3, 0.4) is 0 Å². The van der Waals surface area contributed by atoms with Gasteiger partial charge in [0.1, 0.15) is 11.3 Å². The Morgan fingerprint density at radius 1 is 1.06 bits per heavy atom. The van der Waals surface area contributed by atoms with Gasteiger partial charge in [-0.25, -0.2) is 0 Å². The summed E-state index contributed by atoms with van der Waals surface area (Å²) in [6.07, 6.45) is 3.25. The number of aryl methyl sites for hydroxylation is 2. The number of rotatable bonds is 6. The number of nitrogens with one attached hydrogen (secondary N) is 1. The van der Waals surface area contributed by atoms with Crippen molar-refractivity contribution in [1.82, 2.24) is 0 Å². The zero-order valence-corrected chi connectivity index (χ0v) is 21.0. The number of carbonyl (C=O) groups is 1. The fourth-order valence-electron chi connectivity index (χ4n) is 3.95. The van der Waals surface area contributed by atoms with Crippen molar-refractivity contribution in [3.8, 4) is 16.9 Å². The smallest absolute Gasteiger partial charge is 0.248 e. The van der Waals surface area contributed by atoms with Crippen LogP contribution in [0.1, 0.15) is 30.5 Å². The van der Waals surface area contributed by atoms with Crippen molar-refractivity contribution in [2.24, 2.45) is 0 Å². The monoisotopic (exact) mass is 493 g/mol. The molecule has 0 bridgehead atoms. The maximum atomic E-state index is 12.8. The highest BCUT2D eigenvalue weighted by Crippen LogP contribution is 2.40. The molecule has 0 aliphatic heterocycles. The van der Waals surface area contributed by atoms with Crippen LogP contribution in [0.4, 0.5) is 5.69 Å². The summed E-state index contributed by atoms with van der Waals surface area (Å²) in [5.41, 5.74) is 6.84. The Morgan fingerprint density at radius 2 is 1.85 bits per heavy atom. The van der Waals surface area contributed by atoms with Gasteiger partial charge in [0, 0.05) is 44.9 Å². The van der Waals surface area contributed by atoms with Crippen molar-refractivity contribution in [2.45, 2.75) is 27.7 Å². The lowest BCUT2D eigenvalue weighted by atomic mass is 9.99. The van der Waals surface area contributed by atoms with Crippen LogP contribution in [-0.4, -0.2) is 12.5 Å². The van der Waals surface area contributed by atoms with Gasteiger partial charge in [-0.3, -0.25) is 4.79 Å². The molecular weight excluding hydrogens is 469 g/mol. The molecule has 1 aromatic heterocycles. The van der Waals surface area contributed by atoms with Crippen molar-refractivity contribution in [1.29, 1.82) is 0 Å². The lowest BCUT2D eigenvalue weighted by Gasteiger charge is -2.12. The third-order valence-electron chi connectivity index (χ3n) is 5.61. The average Bonchev–Trinajstić information content (AvgIpc) is 3.18. The second-order valence-electron chi connectivity index (χ2n) is 8.19. The zero-order chi connectivity index (χ0) is 24.4. The van der Waals surface area contributed by atoms with E-state index in [9.17, 15) is 4.79 Å². The largest absolute Gasteiger partial charge is 0.493 e. The van der Waals surface area contributed by atoms with Crippen LogP contribution in [0, 0.1) is 13.8 Å². The predicted octanol–water partition coefficient (Wildman–Crippen LogP) is 8.46. The van der Waals surface area contributed by atoms with E-state index in [4.69, 9.17) is 32.4 Å². The van der Waals surface area contributed by atoms with Crippen LogP contribution >= 0.6 is 23.2 Å². The number of ether oxygens (including phenoxy) is 1. The number of carbonyl (C=O) groups excluding carboxylic acids is 1. The lowest BCUT2D eigenvalue weighted by molar-refractivity contribution is -0.111. The number of anilines is 1. The SMILES string of the molecule is CCOc1cc2occ(-c3ccc(Cl)cc3Cl)c2cc1/C(C)=C/C(=O)Nc1ccc(C)cc1C. The topological polar surface area (TPSA) is 51.5 Å². The molecule has 0 aliphatic rings. The van der Waals surface area contributed by atoms with Crippen molar-refractivity contribution >= 4 is 51.3 Å². The van der Waals surface area contributed by atoms with Gasteiger partial charge in [0.2, 0.25) is 5.91 Å². The Morgan fingerprint density at radius 3 is 2.56 bits per heavy atom. The molecule has 0 saturated carbocycles. The Balaban J connectivity index is 1.74. The van der Waals surface area contributed by atoms with E-state index < -0.39 is 0 Å². The lowest BCUT2D eigenvalue weighted by Crippen LogP contribution is -2.10. The molecule has 34 heavy (non-hydrogen) atoms. The normalized spacial score (nSPS) is 11.6. The molecular formula is C28H25Cl2NO3. The van der Waals surface area contributed by atoms with Gasteiger partial charge in [-0.15, -0.1) is 0 Å². The number of hydrogen-bond donors (Lipinski definition) is 1. The first-order valence-corrected chi connectivity index (χ1v) is 11.7. The Labute approximate surface area is 209 Å². The predicted molar refractivity (Wildman–Crippen MR) is 141 cm³/mol. The summed E-state index contributed by atoms with van der Waals surface area (Å²) in [5.74, 6) is 0.436. The van der Waals surface area contributed by atoms with Gasteiger partial charge >= 0.3 is 0 Å². The number of furan rings is 1. The zero-order valence-electron chi connectivity index (χ0n) is 19.5. The molecule has 1 heterocycles. The first kappa shape index (κ1) is 23.9. The Bertz CT molecular complexity index is 1420. The van der Waals surface area contributed by atoms with Gasteiger partial charge in [0.25, 0.3) is 0 Å². The van der Waals surface area contributed by atoms with Crippen LogP contribution in [0.5, 0.6) is 5.75 Å². The molecule has 0 fully saturated rings. The molecule has 4 nitrogen and oxygen atoms in total. The average molecular weight is 494 g/mol. The van der Waals surface area contributed by atoms with E-state index in [2.05, 4.69) is 5.32 Å². The maximum absolute atomic E-state index is 12.8. The van der Waals surface area contributed by atoms with Crippen LogP contribution in [-0.2, 0) is 4.79 Å². The second-order valence-corrected chi connectivity index (χ2v) is 9.03. The van der Waals surface area contributed by atoms with Gasteiger partial charge in [0.05, 0.1) is 17.9 Å². The van der Waals surface area contributed by atoms with Gasteiger partial charge in [0.15, 0.2) is 0 Å². The second kappa shape index (κ2) is 9.96. The summed E-state index contributed by atoms with van der Waals surface area (Å²) in [6.45, 7) is 8.29. The number of amides is 1. The molecule has 0 atom stereocenters. The molecule has 1 N–H and O–H groups in total. The molecule has 6 heteroatoms. The minimum Gasteiger partial charge on any atom is -0.493 e. The van der Waals surface area contributed by atoms with Gasteiger partial charge in [-0.05, 0) is 63.1 Å². The standard InChI is InChI=1S/C28H25Cl2NO3/c1-5-33-26-14-27-22(23(15-34-27)20-8-7-19(29)12-24(20)30)13-21(26)17(3)11-28(32)31-25-9-6-16(2)10-18(25)4/h6-15H,5H2,1-4H3,(H,31,32)/b17-11+. The molecule has 0 spiro atoms. The highest BCUT2D eigenvalue weighted by Gasteiger charge is 2.17. The molecule has 174 valence electrons. The fourth-order valence-corrected chi connectivity index (χ4v) is 4.46. The van der Waals surface area contributed by atoms with E-state index in [-0.39, 0.29) is 5.91 Å². The Hall–Kier alpha value is -3.21. The molecule has 4 rings (SSSR count). The molecule has 0 saturated heterocycles. The first-order chi connectivity index (χ1) is 16.3. The minimum absolute atomic E-state index is 0.208. The molecule has 0 aliphatic carbocycles. The first-order valence-electron chi connectivity index (χ1n) is 11.0.